The van der Waals surface area contributed by atoms with E-state index in [1.54, 1.807) is 0 Å². The Bertz CT molecular complexity index is 434. The van der Waals surface area contributed by atoms with Crippen LogP contribution >= 0.6 is 23.2 Å². The molecule has 1 aromatic rings. The average molecular weight is 316 g/mol. The minimum Gasteiger partial charge on any atom is -0.377 e. The number of likely N-dealkylation sites (N-methyl/N-ethyl adjacent to an activating group) is 1. The van der Waals surface area contributed by atoms with E-state index in [-0.39, 0.29) is 6.10 Å². The minimum atomic E-state index is 0.273. The molecule has 0 heterocycles. The van der Waals surface area contributed by atoms with Crippen molar-refractivity contribution in [3.8, 4) is 0 Å². The number of nitrogens with one attached hydrogen (secondary N) is 1. The summed E-state index contributed by atoms with van der Waals surface area (Å²) in [6.45, 7) is 5.87. The maximum absolute atomic E-state index is 6.31. The summed E-state index contributed by atoms with van der Waals surface area (Å²) in [6, 6.07) is 6.13. The van der Waals surface area contributed by atoms with Crippen LogP contribution in [0.4, 0.5) is 0 Å². The molecular formula is C16H23Cl2NO. The molecule has 0 saturated heterocycles. The molecule has 0 amide bonds. The molecule has 1 N–H and O–H groups in total. The van der Waals surface area contributed by atoms with Crippen LogP contribution in [0.2, 0.25) is 10.0 Å². The van der Waals surface area contributed by atoms with Gasteiger partial charge in [0.05, 0.1) is 16.1 Å². The first kappa shape index (κ1) is 16.1. The highest BCUT2D eigenvalue weighted by Gasteiger charge is 2.37. The average Bonchev–Trinajstić information content (AvgIpc) is 3.25. The fraction of sp³-hybridized carbons (Fsp3) is 0.625. The van der Waals surface area contributed by atoms with Crippen molar-refractivity contribution in [2.45, 2.75) is 45.3 Å². The first-order valence-corrected chi connectivity index (χ1v) is 8.20. The van der Waals surface area contributed by atoms with Gasteiger partial charge in [0.25, 0.3) is 0 Å². The molecule has 112 valence electrons. The molecule has 2 atom stereocenters. The predicted octanol–water partition coefficient (Wildman–Crippen LogP) is 4.33. The predicted molar refractivity (Wildman–Crippen MR) is 85.8 cm³/mol. The molecule has 0 spiro atoms. The van der Waals surface area contributed by atoms with Crippen molar-refractivity contribution >= 4 is 23.2 Å². The molecule has 1 aliphatic rings. The van der Waals surface area contributed by atoms with Crippen LogP contribution in [0.3, 0.4) is 0 Å². The van der Waals surface area contributed by atoms with E-state index < -0.39 is 0 Å². The number of benzene rings is 1. The van der Waals surface area contributed by atoms with Crippen LogP contribution in [0.5, 0.6) is 0 Å². The lowest BCUT2D eigenvalue weighted by Gasteiger charge is -2.28. The first-order chi connectivity index (χ1) is 9.67. The summed E-state index contributed by atoms with van der Waals surface area (Å²) in [5.41, 5.74) is 1.09. The number of halogens is 2. The van der Waals surface area contributed by atoms with Gasteiger partial charge in [-0.05, 0) is 50.3 Å². The van der Waals surface area contributed by atoms with Crippen molar-refractivity contribution in [1.82, 2.24) is 5.32 Å². The van der Waals surface area contributed by atoms with Crippen molar-refractivity contribution < 1.29 is 4.74 Å². The topological polar surface area (TPSA) is 21.3 Å². The van der Waals surface area contributed by atoms with E-state index in [2.05, 4.69) is 25.2 Å². The van der Waals surface area contributed by atoms with Gasteiger partial charge in [-0.1, -0.05) is 42.3 Å². The molecule has 1 aromatic carbocycles. The third-order valence-electron chi connectivity index (χ3n) is 3.78. The molecule has 2 rings (SSSR count). The smallest absolute Gasteiger partial charge is 0.0759 e. The number of ether oxygens (including phenoxy) is 1. The Kier molecular flexibility index (Phi) is 6.16. The third-order valence-corrected chi connectivity index (χ3v) is 4.64. The zero-order valence-electron chi connectivity index (χ0n) is 12.2. The zero-order valence-corrected chi connectivity index (χ0v) is 13.7. The highest BCUT2D eigenvalue weighted by molar-refractivity contribution is 6.42. The van der Waals surface area contributed by atoms with Crippen LogP contribution in [0.25, 0.3) is 0 Å². The number of rotatable bonds is 8. The normalized spacial score (nSPS) is 18.0. The standard InChI is InChI=1S/C16H23Cl2NO/c1-3-19-14(16(20-4-2)11-8-9-11)10-12-6-5-7-13(17)15(12)18/h5-7,11,14,16,19H,3-4,8-10H2,1-2H3. The van der Waals surface area contributed by atoms with Gasteiger partial charge < -0.3 is 10.1 Å². The van der Waals surface area contributed by atoms with Crippen molar-refractivity contribution in [3.05, 3.63) is 33.8 Å². The van der Waals surface area contributed by atoms with Crippen LogP contribution in [0.15, 0.2) is 18.2 Å². The highest BCUT2D eigenvalue weighted by Crippen LogP contribution is 2.37. The van der Waals surface area contributed by atoms with Gasteiger partial charge in [0.15, 0.2) is 0 Å². The molecule has 20 heavy (non-hydrogen) atoms. The summed E-state index contributed by atoms with van der Waals surface area (Å²) < 4.78 is 5.98. The Labute approximate surface area is 131 Å². The number of hydrogen-bond acceptors (Lipinski definition) is 2. The van der Waals surface area contributed by atoms with Crippen LogP contribution in [-0.4, -0.2) is 25.3 Å². The summed E-state index contributed by atoms with van der Waals surface area (Å²) in [7, 11) is 0. The van der Waals surface area contributed by atoms with Gasteiger partial charge in [0.2, 0.25) is 0 Å². The zero-order chi connectivity index (χ0) is 14.5. The van der Waals surface area contributed by atoms with Gasteiger partial charge >= 0.3 is 0 Å². The monoisotopic (exact) mass is 315 g/mol. The van der Waals surface area contributed by atoms with Gasteiger partial charge in [-0.15, -0.1) is 0 Å². The van der Waals surface area contributed by atoms with Crippen LogP contribution < -0.4 is 5.32 Å². The maximum atomic E-state index is 6.31. The molecule has 1 saturated carbocycles. The molecule has 2 unspecified atom stereocenters. The Morgan fingerprint density at radius 3 is 2.65 bits per heavy atom. The molecule has 1 fully saturated rings. The number of hydrogen-bond donors (Lipinski definition) is 1. The largest absolute Gasteiger partial charge is 0.377 e. The van der Waals surface area contributed by atoms with Crippen molar-refractivity contribution in [2.75, 3.05) is 13.2 Å². The second-order valence-corrected chi connectivity index (χ2v) is 6.12. The summed E-state index contributed by atoms with van der Waals surface area (Å²) >= 11 is 12.4. The molecule has 0 aromatic heterocycles. The lowest BCUT2D eigenvalue weighted by molar-refractivity contribution is 0.0196. The van der Waals surface area contributed by atoms with Gasteiger partial charge in [-0.3, -0.25) is 0 Å². The Morgan fingerprint density at radius 1 is 1.30 bits per heavy atom. The van der Waals surface area contributed by atoms with E-state index in [0.29, 0.717) is 22.0 Å². The lowest BCUT2D eigenvalue weighted by atomic mass is 9.98. The molecule has 1 aliphatic carbocycles. The Balaban J connectivity index is 2.13. The molecule has 2 nitrogen and oxygen atoms in total. The van der Waals surface area contributed by atoms with Gasteiger partial charge in [-0.25, -0.2) is 0 Å². The second kappa shape index (κ2) is 7.65. The van der Waals surface area contributed by atoms with E-state index in [1.165, 1.54) is 12.8 Å². The lowest BCUT2D eigenvalue weighted by Crippen LogP contribution is -2.44. The van der Waals surface area contributed by atoms with E-state index >= 15 is 0 Å². The first-order valence-electron chi connectivity index (χ1n) is 7.45. The highest BCUT2D eigenvalue weighted by atomic mass is 35.5. The summed E-state index contributed by atoms with van der Waals surface area (Å²) in [6.07, 6.45) is 3.68. The van der Waals surface area contributed by atoms with Crippen LogP contribution in [0, 0.1) is 5.92 Å². The molecule has 0 radical (unpaired) electrons. The van der Waals surface area contributed by atoms with Gasteiger partial charge in [0.1, 0.15) is 0 Å². The van der Waals surface area contributed by atoms with E-state index in [1.807, 2.05) is 12.1 Å². The molecule has 4 heteroatoms. The van der Waals surface area contributed by atoms with Gasteiger partial charge in [-0.2, -0.15) is 0 Å². The quantitative estimate of drug-likeness (QED) is 0.771. The SMILES string of the molecule is CCNC(Cc1cccc(Cl)c1Cl)C(OCC)C1CC1. The summed E-state index contributed by atoms with van der Waals surface area (Å²) in [5.74, 6) is 0.692. The third kappa shape index (κ3) is 4.11. The fourth-order valence-corrected chi connectivity index (χ4v) is 3.10. The van der Waals surface area contributed by atoms with Gasteiger partial charge in [0, 0.05) is 12.6 Å². The Hall–Kier alpha value is -0.280. The maximum Gasteiger partial charge on any atom is 0.0759 e. The van der Waals surface area contributed by atoms with Crippen LogP contribution in [0.1, 0.15) is 32.3 Å². The van der Waals surface area contributed by atoms with E-state index in [9.17, 15) is 0 Å². The van der Waals surface area contributed by atoms with E-state index in [4.69, 9.17) is 27.9 Å². The minimum absolute atomic E-state index is 0.273. The molecule has 0 aliphatic heterocycles. The molecular weight excluding hydrogens is 293 g/mol. The van der Waals surface area contributed by atoms with Crippen molar-refractivity contribution in [2.24, 2.45) is 5.92 Å². The van der Waals surface area contributed by atoms with Crippen LogP contribution in [-0.2, 0) is 11.2 Å². The summed E-state index contributed by atoms with van der Waals surface area (Å²) in [4.78, 5) is 0. The summed E-state index contributed by atoms with van der Waals surface area (Å²) in [5, 5.41) is 4.85. The second-order valence-electron chi connectivity index (χ2n) is 5.34. The fourth-order valence-electron chi connectivity index (χ4n) is 2.71. The van der Waals surface area contributed by atoms with Crippen molar-refractivity contribution in [1.29, 1.82) is 0 Å². The van der Waals surface area contributed by atoms with Crippen molar-refractivity contribution in [3.63, 3.8) is 0 Å². The van der Waals surface area contributed by atoms with E-state index in [0.717, 1.165) is 25.1 Å². The molecule has 0 bridgehead atoms. The Morgan fingerprint density at radius 2 is 2.05 bits per heavy atom.